The summed E-state index contributed by atoms with van der Waals surface area (Å²) >= 11 is 6.27. The molecule has 1 saturated heterocycles. The topological polar surface area (TPSA) is 71.3 Å². The van der Waals surface area contributed by atoms with Crippen LogP contribution in [0.3, 0.4) is 0 Å². The Balaban J connectivity index is 1.26. The Morgan fingerprint density at radius 3 is 2.34 bits per heavy atom. The van der Waals surface area contributed by atoms with E-state index in [1.807, 2.05) is 54.6 Å². The summed E-state index contributed by atoms with van der Waals surface area (Å²) in [6, 6.07) is 27.4. The maximum Gasteiger partial charge on any atom is 0.241 e. The fourth-order valence-corrected chi connectivity index (χ4v) is 4.81. The maximum absolute atomic E-state index is 13.4. The molecule has 1 unspecified atom stereocenters. The molecule has 3 aromatic carbocycles. The molecule has 7 heteroatoms. The number of piperidine rings is 1. The van der Waals surface area contributed by atoms with Gasteiger partial charge in [0.2, 0.25) is 17.6 Å². The standard InChI is InChI=1S/C28H27ClN4O2/c29-24-16-8-7-15-23(24)27-30-25(35-32-27)19-33-17-9-14-22(18-33)28(34)31-26(20-10-3-1-4-11-20)21-12-5-2-6-13-21/h1-8,10-13,15-16,22,26H,9,14,17-19H2,(H,31,34). The highest BCUT2D eigenvalue weighted by molar-refractivity contribution is 6.33. The average molecular weight is 487 g/mol. The number of hydrogen-bond acceptors (Lipinski definition) is 5. The van der Waals surface area contributed by atoms with Crippen LogP contribution in [0.2, 0.25) is 5.02 Å². The third-order valence-corrected chi connectivity index (χ3v) is 6.70. The van der Waals surface area contributed by atoms with Crippen molar-refractivity contribution in [3.05, 3.63) is 107 Å². The molecule has 0 radical (unpaired) electrons. The minimum atomic E-state index is -0.186. The zero-order valence-corrected chi connectivity index (χ0v) is 20.1. The maximum atomic E-state index is 13.4. The van der Waals surface area contributed by atoms with Gasteiger partial charge in [-0.15, -0.1) is 0 Å². The highest BCUT2D eigenvalue weighted by Gasteiger charge is 2.29. The van der Waals surface area contributed by atoms with Crippen LogP contribution >= 0.6 is 11.6 Å². The highest BCUT2D eigenvalue weighted by atomic mass is 35.5. The molecule has 1 aromatic heterocycles. The van der Waals surface area contributed by atoms with Crippen LogP contribution < -0.4 is 5.32 Å². The highest BCUT2D eigenvalue weighted by Crippen LogP contribution is 2.27. The lowest BCUT2D eigenvalue weighted by Gasteiger charge is -2.32. The summed E-state index contributed by atoms with van der Waals surface area (Å²) in [7, 11) is 0. The first-order valence-electron chi connectivity index (χ1n) is 11.9. The van der Waals surface area contributed by atoms with E-state index in [1.54, 1.807) is 6.07 Å². The largest absolute Gasteiger partial charge is 0.345 e. The molecule has 0 saturated carbocycles. The summed E-state index contributed by atoms with van der Waals surface area (Å²) in [5, 5.41) is 7.99. The van der Waals surface area contributed by atoms with E-state index in [-0.39, 0.29) is 17.9 Å². The van der Waals surface area contributed by atoms with Crippen LogP contribution in [0.4, 0.5) is 0 Å². The van der Waals surface area contributed by atoms with Crippen LogP contribution in [-0.2, 0) is 11.3 Å². The molecule has 35 heavy (non-hydrogen) atoms. The van der Waals surface area contributed by atoms with E-state index in [4.69, 9.17) is 16.1 Å². The van der Waals surface area contributed by atoms with Crippen molar-refractivity contribution in [1.29, 1.82) is 0 Å². The van der Waals surface area contributed by atoms with Crippen molar-refractivity contribution >= 4 is 17.5 Å². The Bertz CT molecular complexity index is 1220. The van der Waals surface area contributed by atoms with Gasteiger partial charge in [-0.05, 0) is 42.6 Å². The minimum absolute atomic E-state index is 0.0645. The molecule has 5 rings (SSSR count). The van der Waals surface area contributed by atoms with Crippen molar-refractivity contribution in [2.45, 2.75) is 25.4 Å². The van der Waals surface area contributed by atoms with Crippen molar-refractivity contribution in [2.75, 3.05) is 13.1 Å². The van der Waals surface area contributed by atoms with Gasteiger partial charge in [-0.25, -0.2) is 0 Å². The van der Waals surface area contributed by atoms with Crippen molar-refractivity contribution in [1.82, 2.24) is 20.4 Å². The molecule has 2 heterocycles. The Kier molecular flexibility index (Phi) is 7.21. The van der Waals surface area contributed by atoms with Gasteiger partial charge in [-0.2, -0.15) is 4.98 Å². The van der Waals surface area contributed by atoms with Crippen LogP contribution in [0, 0.1) is 5.92 Å². The van der Waals surface area contributed by atoms with Crippen molar-refractivity contribution in [2.24, 2.45) is 5.92 Å². The number of likely N-dealkylation sites (tertiary alicyclic amines) is 1. The average Bonchev–Trinajstić information content (AvgIpc) is 3.36. The molecular formula is C28H27ClN4O2. The lowest BCUT2D eigenvalue weighted by atomic mass is 9.94. The van der Waals surface area contributed by atoms with Gasteiger partial charge >= 0.3 is 0 Å². The smallest absolute Gasteiger partial charge is 0.241 e. The molecule has 0 aliphatic carbocycles. The molecule has 1 aliphatic rings. The number of benzene rings is 3. The second-order valence-corrected chi connectivity index (χ2v) is 9.24. The van der Waals surface area contributed by atoms with Crippen molar-refractivity contribution in [3.8, 4) is 11.4 Å². The number of halogens is 1. The van der Waals surface area contributed by atoms with Gasteiger partial charge in [0.1, 0.15) is 0 Å². The van der Waals surface area contributed by atoms with Crippen LogP contribution in [0.15, 0.2) is 89.5 Å². The number of amides is 1. The van der Waals surface area contributed by atoms with Crippen LogP contribution in [0.25, 0.3) is 11.4 Å². The number of rotatable bonds is 7. The predicted molar refractivity (Wildman–Crippen MR) is 136 cm³/mol. The van der Waals surface area contributed by atoms with Crippen LogP contribution in [-0.4, -0.2) is 34.0 Å². The number of aromatic nitrogens is 2. The van der Waals surface area contributed by atoms with Crippen molar-refractivity contribution < 1.29 is 9.32 Å². The van der Waals surface area contributed by atoms with Gasteiger partial charge < -0.3 is 9.84 Å². The first-order chi connectivity index (χ1) is 17.2. The summed E-state index contributed by atoms with van der Waals surface area (Å²) in [5.74, 6) is 0.956. The van der Waals surface area contributed by atoms with E-state index >= 15 is 0 Å². The number of carbonyl (C=O) groups is 1. The Hall–Kier alpha value is -3.48. The second-order valence-electron chi connectivity index (χ2n) is 8.83. The van der Waals surface area contributed by atoms with Crippen LogP contribution in [0.1, 0.15) is 35.9 Å². The van der Waals surface area contributed by atoms with Crippen LogP contribution in [0.5, 0.6) is 0 Å². The molecule has 1 fully saturated rings. The zero-order valence-electron chi connectivity index (χ0n) is 19.3. The molecule has 1 amide bonds. The second kappa shape index (κ2) is 10.8. The third kappa shape index (κ3) is 5.61. The van der Waals surface area contributed by atoms with E-state index in [9.17, 15) is 4.79 Å². The zero-order chi connectivity index (χ0) is 24.0. The fourth-order valence-electron chi connectivity index (χ4n) is 4.59. The van der Waals surface area contributed by atoms with Gasteiger partial charge in [0.05, 0.1) is 23.5 Å². The minimum Gasteiger partial charge on any atom is -0.345 e. The molecule has 1 aliphatic heterocycles. The lowest BCUT2D eigenvalue weighted by molar-refractivity contribution is -0.127. The lowest BCUT2D eigenvalue weighted by Crippen LogP contribution is -2.43. The van der Waals surface area contributed by atoms with E-state index in [1.165, 1.54) is 0 Å². The first kappa shape index (κ1) is 23.3. The SMILES string of the molecule is O=C(NC(c1ccccc1)c1ccccc1)C1CCCN(Cc2nc(-c3ccccc3Cl)no2)C1. The Morgan fingerprint density at radius 2 is 1.66 bits per heavy atom. The van der Waals surface area contributed by atoms with E-state index < -0.39 is 0 Å². The number of nitrogens with zero attached hydrogens (tertiary/aromatic N) is 3. The van der Waals surface area contributed by atoms with E-state index in [0.29, 0.717) is 29.8 Å². The third-order valence-electron chi connectivity index (χ3n) is 6.37. The Morgan fingerprint density at radius 1 is 1.00 bits per heavy atom. The molecule has 0 spiro atoms. The quantitative estimate of drug-likeness (QED) is 0.373. The number of hydrogen-bond donors (Lipinski definition) is 1. The summed E-state index contributed by atoms with van der Waals surface area (Å²) < 4.78 is 5.49. The van der Waals surface area contributed by atoms with E-state index in [0.717, 1.165) is 36.1 Å². The summed E-state index contributed by atoms with van der Waals surface area (Å²) in [4.78, 5) is 20.1. The van der Waals surface area contributed by atoms with Gasteiger partial charge in [-0.1, -0.05) is 89.6 Å². The fraction of sp³-hybridized carbons (Fsp3) is 0.250. The predicted octanol–water partition coefficient (Wildman–Crippen LogP) is 5.51. The Labute approximate surface area is 209 Å². The summed E-state index contributed by atoms with van der Waals surface area (Å²) in [6.45, 7) is 2.03. The monoisotopic (exact) mass is 486 g/mol. The van der Waals surface area contributed by atoms with Gasteiger partial charge in [0.25, 0.3) is 0 Å². The van der Waals surface area contributed by atoms with Gasteiger partial charge in [-0.3, -0.25) is 9.69 Å². The summed E-state index contributed by atoms with van der Waals surface area (Å²) in [6.07, 6.45) is 1.79. The molecule has 178 valence electrons. The van der Waals surface area contributed by atoms with Gasteiger partial charge in [0.15, 0.2) is 0 Å². The van der Waals surface area contributed by atoms with Gasteiger partial charge in [0, 0.05) is 12.1 Å². The molecule has 0 bridgehead atoms. The normalized spacial score (nSPS) is 16.3. The molecule has 1 atom stereocenters. The first-order valence-corrected chi connectivity index (χ1v) is 12.3. The molecule has 4 aromatic rings. The number of nitrogens with one attached hydrogen (secondary N) is 1. The van der Waals surface area contributed by atoms with E-state index in [2.05, 4.69) is 44.6 Å². The molecular weight excluding hydrogens is 460 g/mol. The molecule has 1 N–H and O–H groups in total. The summed E-state index contributed by atoms with van der Waals surface area (Å²) in [5.41, 5.74) is 2.88. The number of carbonyl (C=O) groups excluding carboxylic acids is 1. The van der Waals surface area contributed by atoms with Crippen molar-refractivity contribution in [3.63, 3.8) is 0 Å². The molecule has 6 nitrogen and oxygen atoms in total.